The molecule has 0 aliphatic carbocycles. The van der Waals surface area contributed by atoms with Crippen molar-refractivity contribution >= 4 is 26.9 Å². The molecule has 0 saturated carbocycles. The van der Waals surface area contributed by atoms with Gasteiger partial charge in [0.15, 0.2) is 0 Å². The summed E-state index contributed by atoms with van der Waals surface area (Å²) in [4.78, 5) is 0. The van der Waals surface area contributed by atoms with E-state index in [-0.39, 0.29) is 6.54 Å². The second-order valence-electron chi connectivity index (χ2n) is 4.77. The molecular weight excluding hydrogens is 334 g/mol. The maximum absolute atomic E-state index is 9.52. The summed E-state index contributed by atoms with van der Waals surface area (Å²) in [6.45, 7) is 6.13. The average molecular weight is 352 g/mol. The molecule has 0 aliphatic heterocycles. The van der Waals surface area contributed by atoms with Crippen LogP contribution in [0.5, 0.6) is 0 Å². The monoisotopic (exact) mass is 351 g/mol. The summed E-state index contributed by atoms with van der Waals surface area (Å²) in [7, 11) is 0. The number of hydrogen-bond acceptors (Lipinski definition) is 4. The molecule has 112 valence electrons. The maximum Gasteiger partial charge on any atom is 0.148 e. The molecule has 1 aromatic carbocycles. The minimum Gasteiger partial charge on any atom is -0.490 e. The summed E-state index contributed by atoms with van der Waals surface area (Å²) in [5.74, 6) is 0.472. The summed E-state index contributed by atoms with van der Waals surface area (Å²) >= 11 is 3.47. The number of aliphatic hydroxyl groups is 1. The van der Waals surface area contributed by atoms with Gasteiger partial charge in [-0.25, -0.2) is 0 Å². The molecular formula is C16H18BrNO3. The van der Waals surface area contributed by atoms with E-state index >= 15 is 0 Å². The van der Waals surface area contributed by atoms with Crippen LogP contribution < -0.4 is 5.73 Å². The number of fused-ring (bicyclic) bond motifs is 1. The number of rotatable bonds is 6. The number of hydrogen-bond donors (Lipinski definition) is 2. The van der Waals surface area contributed by atoms with Crippen LogP contribution >= 0.6 is 15.9 Å². The zero-order valence-corrected chi connectivity index (χ0v) is 13.4. The lowest BCUT2D eigenvalue weighted by atomic mass is 10.1. The number of allylic oxidation sites excluding steroid dienone is 1. The van der Waals surface area contributed by atoms with Crippen molar-refractivity contribution in [1.29, 1.82) is 0 Å². The van der Waals surface area contributed by atoms with Gasteiger partial charge >= 0.3 is 0 Å². The van der Waals surface area contributed by atoms with Crippen LogP contribution in [0, 0.1) is 0 Å². The summed E-state index contributed by atoms with van der Waals surface area (Å²) in [5, 5.41) is 10.5. The van der Waals surface area contributed by atoms with Crippen molar-refractivity contribution in [2.45, 2.75) is 19.6 Å². The molecule has 3 N–H and O–H groups in total. The van der Waals surface area contributed by atoms with Gasteiger partial charge in [0, 0.05) is 11.9 Å². The van der Waals surface area contributed by atoms with Crippen LogP contribution in [-0.2, 0) is 11.3 Å². The van der Waals surface area contributed by atoms with Gasteiger partial charge in [-0.05, 0) is 58.3 Å². The van der Waals surface area contributed by atoms with E-state index in [1.807, 2.05) is 18.2 Å². The fourth-order valence-corrected chi connectivity index (χ4v) is 2.57. The molecule has 21 heavy (non-hydrogen) atoms. The topological polar surface area (TPSA) is 68.6 Å². The number of aliphatic hydroxyl groups excluding tert-OH is 1. The Balaban J connectivity index is 2.06. The highest BCUT2D eigenvalue weighted by molar-refractivity contribution is 9.10. The van der Waals surface area contributed by atoms with E-state index in [4.69, 9.17) is 14.9 Å². The molecule has 0 fully saturated rings. The molecule has 1 atom stereocenters. The van der Waals surface area contributed by atoms with Crippen molar-refractivity contribution in [3.8, 4) is 0 Å². The Bertz CT molecular complexity index is 673. The Morgan fingerprint density at radius 1 is 1.57 bits per heavy atom. The van der Waals surface area contributed by atoms with E-state index in [1.165, 1.54) is 0 Å². The number of furan rings is 1. The van der Waals surface area contributed by atoms with E-state index in [0.29, 0.717) is 17.9 Å². The van der Waals surface area contributed by atoms with Gasteiger partial charge in [0.2, 0.25) is 0 Å². The molecule has 0 bridgehead atoms. The summed E-state index contributed by atoms with van der Waals surface area (Å²) < 4.78 is 11.9. The van der Waals surface area contributed by atoms with Crippen LogP contribution in [-0.4, -0.2) is 17.8 Å². The molecule has 1 heterocycles. The average Bonchev–Trinajstić information content (AvgIpc) is 2.91. The predicted molar refractivity (Wildman–Crippen MR) is 86.7 cm³/mol. The molecule has 1 aromatic heterocycles. The van der Waals surface area contributed by atoms with Crippen LogP contribution in [0.3, 0.4) is 0 Å². The van der Waals surface area contributed by atoms with Crippen molar-refractivity contribution in [2.24, 2.45) is 5.73 Å². The van der Waals surface area contributed by atoms with Gasteiger partial charge in [0.05, 0.1) is 16.8 Å². The molecule has 1 unspecified atom stereocenters. The number of nitrogens with two attached hydrogens (primary N) is 1. The van der Waals surface area contributed by atoms with Gasteiger partial charge in [-0.2, -0.15) is 0 Å². The van der Waals surface area contributed by atoms with Crippen molar-refractivity contribution in [2.75, 3.05) is 6.54 Å². The molecule has 0 saturated heterocycles. The number of ether oxygens (including phenoxy) is 1. The zero-order valence-electron chi connectivity index (χ0n) is 11.8. The SMILES string of the molecule is C=C(/C=C(/CN)C(C)O)OCc1cc(Br)c2occc2c1. The fraction of sp³-hybridized carbons (Fsp3) is 0.250. The highest BCUT2D eigenvalue weighted by Gasteiger charge is 2.07. The second-order valence-corrected chi connectivity index (χ2v) is 5.63. The summed E-state index contributed by atoms with van der Waals surface area (Å²) in [5.41, 5.74) is 8.06. The highest BCUT2D eigenvalue weighted by atomic mass is 79.9. The lowest BCUT2D eigenvalue weighted by molar-refractivity contribution is 0.206. The molecule has 2 rings (SSSR count). The van der Waals surface area contributed by atoms with Crippen LogP contribution in [0.4, 0.5) is 0 Å². The zero-order chi connectivity index (χ0) is 15.4. The molecule has 0 aliphatic rings. The Hall–Kier alpha value is -1.56. The van der Waals surface area contributed by atoms with E-state index in [1.54, 1.807) is 19.3 Å². The lowest BCUT2D eigenvalue weighted by Gasteiger charge is -2.11. The Morgan fingerprint density at radius 3 is 3.00 bits per heavy atom. The molecule has 5 heteroatoms. The van der Waals surface area contributed by atoms with Crippen molar-refractivity contribution in [3.05, 3.63) is 58.5 Å². The van der Waals surface area contributed by atoms with Gasteiger partial charge in [-0.1, -0.05) is 6.58 Å². The van der Waals surface area contributed by atoms with Crippen LogP contribution in [0.15, 0.2) is 57.3 Å². The van der Waals surface area contributed by atoms with Crippen LogP contribution in [0.1, 0.15) is 12.5 Å². The first-order valence-corrected chi connectivity index (χ1v) is 7.36. The molecule has 2 aromatic rings. The lowest BCUT2D eigenvalue weighted by Crippen LogP contribution is -2.15. The Morgan fingerprint density at radius 2 is 2.33 bits per heavy atom. The molecule has 0 spiro atoms. The standard InChI is InChI=1S/C16H18BrNO3/c1-10(5-14(8-18)11(2)19)21-9-12-6-13-3-4-20-16(13)15(17)7-12/h3-7,11,19H,1,8-9,18H2,2H3/b14-5-. The largest absolute Gasteiger partial charge is 0.490 e. The van der Waals surface area contributed by atoms with Crippen molar-refractivity contribution < 1.29 is 14.3 Å². The molecule has 0 amide bonds. The van der Waals surface area contributed by atoms with Gasteiger partial charge < -0.3 is 20.0 Å². The normalized spacial score (nSPS) is 13.4. The van der Waals surface area contributed by atoms with Crippen LogP contribution in [0.25, 0.3) is 11.0 Å². The minimum absolute atomic E-state index is 0.270. The first kappa shape index (κ1) is 15.8. The van der Waals surface area contributed by atoms with E-state index in [0.717, 1.165) is 21.0 Å². The van der Waals surface area contributed by atoms with E-state index in [9.17, 15) is 5.11 Å². The molecule has 4 nitrogen and oxygen atoms in total. The number of halogens is 1. The third-order valence-electron chi connectivity index (χ3n) is 3.11. The molecule has 0 radical (unpaired) electrons. The van der Waals surface area contributed by atoms with Gasteiger partial charge in [-0.3, -0.25) is 0 Å². The smallest absolute Gasteiger partial charge is 0.148 e. The second kappa shape index (κ2) is 6.93. The first-order valence-electron chi connectivity index (χ1n) is 6.57. The quantitative estimate of drug-likeness (QED) is 0.617. The summed E-state index contributed by atoms with van der Waals surface area (Å²) in [6.07, 6.45) is 2.72. The third-order valence-corrected chi connectivity index (χ3v) is 3.70. The van der Waals surface area contributed by atoms with Gasteiger partial charge in [0.1, 0.15) is 17.9 Å². The number of benzene rings is 1. The highest BCUT2D eigenvalue weighted by Crippen LogP contribution is 2.27. The first-order chi connectivity index (χ1) is 10.0. The maximum atomic E-state index is 9.52. The Labute approximate surface area is 132 Å². The van der Waals surface area contributed by atoms with Crippen molar-refractivity contribution in [1.82, 2.24) is 0 Å². The van der Waals surface area contributed by atoms with Gasteiger partial charge in [-0.15, -0.1) is 0 Å². The minimum atomic E-state index is -0.605. The van der Waals surface area contributed by atoms with E-state index < -0.39 is 6.10 Å². The Kier molecular flexibility index (Phi) is 5.22. The van der Waals surface area contributed by atoms with Crippen LogP contribution in [0.2, 0.25) is 0 Å². The third kappa shape index (κ3) is 3.97. The fourth-order valence-electron chi connectivity index (χ4n) is 1.95. The van der Waals surface area contributed by atoms with Gasteiger partial charge in [0.25, 0.3) is 0 Å². The van der Waals surface area contributed by atoms with Crippen molar-refractivity contribution in [3.63, 3.8) is 0 Å². The summed E-state index contributed by atoms with van der Waals surface area (Å²) in [6, 6.07) is 5.85. The van der Waals surface area contributed by atoms with E-state index in [2.05, 4.69) is 22.5 Å². The predicted octanol–water partition coefficient (Wildman–Crippen LogP) is 3.49.